The molecule has 47 heavy (non-hydrogen) atoms. The molecule has 2 heterocycles. The molecule has 0 saturated heterocycles. The van der Waals surface area contributed by atoms with Gasteiger partial charge in [0.15, 0.2) is 0 Å². The lowest BCUT2D eigenvalue weighted by Gasteiger charge is -2.44. The van der Waals surface area contributed by atoms with Crippen LogP contribution < -0.4 is 26.2 Å². The molecule has 0 atom stereocenters. The van der Waals surface area contributed by atoms with Crippen LogP contribution in [0.2, 0.25) is 0 Å². The number of halogens is 9. The maximum absolute atomic E-state index is 14.2. The summed E-state index contributed by atoms with van der Waals surface area (Å²) in [6, 6.07) is 21.4. The van der Waals surface area contributed by atoms with Gasteiger partial charge in [0.05, 0.1) is 16.7 Å². The summed E-state index contributed by atoms with van der Waals surface area (Å²) in [6.07, 6.45) is -14.1. The smallest absolute Gasteiger partial charge is 0.311 e. The Morgan fingerprint density at radius 1 is 0.426 bits per heavy atom. The zero-order valence-corrected chi connectivity index (χ0v) is 24.6. The van der Waals surface area contributed by atoms with Crippen molar-refractivity contribution < 1.29 is 39.5 Å². The Labute approximate surface area is 263 Å². The average molecular weight is 652 g/mol. The van der Waals surface area contributed by atoms with Gasteiger partial charge >= 0.3 is 18.5 Å². The topological polar surface area (TPSA) is 6.48 Å². The molecule has 2 nitrogen and oxygen atoms in total. The molecule has 0 unspecified atom stereocenters. The molecule has 0 radical (unpaired) electrons. The maximum atomic E-state index is 14.2. The predicted octanol–water partition coefficient (Wildman–Crippen LogP) is 9.44. The molecule has 0 saturated carbocycles. The average Bonchev–Trinajstić information content (AvgIpc) is 2.99. The fourth-order valence-electron chi connectivity index (χ4n) is 6.54. The molecule has 2 aliphatic heterocycles. The van der Waals surface area contributed by atoms with Gasteiger partial charge in [-0.15, -0.1) is 0 Å². The van der Waals surface area contributed by atoms with E-state index >= 15 is 0 Å². The first-order chi connectivity index (χ1) is 22.0. The Balaban J connectivity index is 1.58. The third-order valence-corrected chi connectivity index (χ3v) is 8.61. The van der Waals surface area contributed by atoms with Crippen molar-refractivity contribution >= 4 is 57.2 Å². The third kappa shape index (κ3) is 5.10. The SMILES string of the molecule is Cc1ccc(N2c3ccc(C(F)(F)F)cc3B3c4cc(C(F)(F)F)ccc4N(c4ccc(C(F)(F)F)cc4)c4cc(C)cc2c43)cc1. The summed E-state index contributed by atoms with van der Waals surface area (Å²) in [6.45, 7) is 2.61. The Morgan fingerprint density at radius 3 is 1.21 bits per heavy atom. The van der Waals surface area contributed by atoms with Gasteiger partial charge in [0.25, 0.3) is 6.71 Å². The van der Waals surface area contributed by atoms with Gasteiger partial charge in [-0.3, -0.25) is 0 Å². The summed E-state index contributed by atoms with van der Waals surface area (Å²) in [5.41, 5.74) is 1.80. The molecule has 0 N–H and O–H groups in total. The van der Waals surface area contributed by atoms with E-state index in [1.165, 1.54) is 24.3 Å². The lowest BCUT2D eigenvalue weighted by molar-refractivity contribution is -0.138. The number of hydrogen-bond donors (Lipinski definition) is 0. The number of benzene rings is 5. The van der Waals surface area contributed by atoms with E-state index in [1.807, 2.05) is 25.1 Å². The number of alkyl halides is 9. The van der Waals surface area contributed by atoms with Crippen LogP contribution in [-0.2, 0) is 18.5 Å². The van der Waals surface area contributed by atoms with Crippen LogP contribution in [0, 0.1) is 13.8 Å². The molecule has 5 aromatic carbocycles. The van der Waals surface area contributed by atoms with Gasteiger partial charge < -0.3 is 9.80 Å². The van der Waals surface area contributed by atoms with Crippen molar-refractivity contribution in [2.24, 2.45) is 0 Å². The van der Waals surface area contributed by atoms with Crippen LogP contribution in [0.25, 0.3) is 0 Å². The number of rotatable bonds is 2. The van der Waals surface area contributed by atoms with Gasteiger partial charge in [-0.2, -0.15) is 39.5 Å². The molecule has 0 aromatic heterocycles. The summed E-state index contributed by atoms with van der Waals surface area (Å²) in [4.78, 5) is 3.35. The number of fused-ring (bicyclic) bond motifs is 4. The zero-order valence-electron chi connectivity index (χ0n) is 24.6. The summed E-state index contributed by atoms with van der Waals surface area (Å²) in [5, 5.41) is 0. The van der Waals surface area contributed by atoms with E-state index in [0.29, 0.717) is 28.2 Å². The Bertz CT molecular complexity index is 2030. The molecule has 7 rings (SSSR count). The van der Waals surface area contributed by atoms with Crippen LogP contribution in [-0.4, -0.2) is 6.71 Å². The normalized spacial score (nSPS) is 14.1. The van der Waals surface area contributed by atoms with Crippen molar-refractivity contribution in [1.82, 2.24) is 0 Å². The molecule has 0 bridgehead atoms. The molecule has 238 valence electrons. The van der Waals surface area contributed by atoms with Crippen LogP contribution in [0.3, 0.4) is 0 Å². The third-order valence-electron chi connectivity index (χ3n) is 8.61. The lowest BCUT2D eigenvalue weighted by atomic mass is 9.33. The second-order valence-electron chi connectivity index (χ2n) is 11.7. The molecule has 0 spiro atoms. The summed E-state index contributed by atoms with van der Waals surface area (Å²) in [7, 11) is 0. The van der Waals surface area contributed by atoms with E-state index in [0.717, 1.165) is 47.5 Å². The van der Waals surface area contributed by atoms with Crippen molar-refractivity contribution in [2.45, 2.75) is 32.4 Å². The Kier molecular flexibility index (Phi) is 6.76. The van der Waals surface area contributed by atoms with Crippen LogP contribution in [0.1, 0.15) is 27.8 Å². The van der Waals surface area contributed by atoms with Crippen LogP contribution in [0.15, 0.2) is 97.1 Å². The second-order valence-corrected chi connectivity index (χ2v) is 11.7. The molecular formula is C35H22BF9N2. The maximum Gasteiger partial charge on any atom is 0.416 e. The minimum atomic E-state index is -4.77. The van der Waals surface area contributed by atoms with Gasteiger partial charge in [-0.25, -0.2) is 0 Å². The highest BCUT2D eigenvalue weighted by atomic mass is 19.4. The minimum Gasteiger partial charge on any atom is -0.311 e. The number of anilines is 6. The molecule has 12 heteroatoms. The fraction of sp³-hybridized carbons (Fsp3) is 0.143. The van der Waals surface area contributed by atoms with Gasteiger partial charge in [-0.05, 0) is 109 Å². The number of hydrogen-bond acceptors (Lipinski definition) is 2. The van der Waals surface area contributed by atoms with Crippen molar-refractivity contribution in [1.29, 1.82) is 0 Å². The first kappa shape index (κ1) is 30.8. The molecule has 0 amide bonds. The summed E-state index contributed by atoms with van der Waals surface area (Å²) in [5.74, 6) is 0. The minimum absolute atomic E-state index is 0.0708. The van der Waals surface area contributed by atoms with Crippen LogP contribution in [0.5, 0.6) is 0 Å². The van der Waals surface area contributed by atoms with E-state index < -0.39 is 41.9 Å². The second kappa shape index (κ2) is 10.3. The lowest BCUT2D eigenvalue weighted by Crippen LogP contribution is -2.61. The Morgan fingerprint density at radius 2 is 0.809 bits per heavy atom. The summed E-state index contributed by atoms with van der Waals surface area (Å²) < 4.78 is 125. The van der Waals surface area contributed by atoms with Crippen molar-refractivity contribution in [3.8, 4) is 0 Å². The van der Waals surface area contributed by atoms with Crippen molar-refractivity contribution in [3.05, 3.63) is 125 Å². The quantitative estimate of drug-likeness (QED) is 0.136. The van der Waals surface area contributed by atoms with Gasteiger partial charge in [-0.1, -0.05) is 29.8 Å². The van der Waals surface area contributed by atoms with Crippen molar-refractivity contribution in [2.75, 3.05) is 9.80 Å². The highest BCUT2D eigenvalue weighted by molar-refractivity contribution is 7.00. The molecular weight excluding hydrogens is 630 g/mol. The largest absolute Gasteiger partial charge is 0.416 e. The first-order valence-corrected chi connectivity index (χ1v) is 14.4. The summed E-state index contributed by atoms with van der Waals surface area (Å²) >= 11 is 0. The zero-order chi connectivity index (χ0) is 33.6. The first-order valence-electron chi connectivity index (χ1n) is 14.4. The highest BCUT2D eigenvalue weighted by Gasteiger charge is 2.46. The van der Waals surface area contributed by atoms with E-state index in [1.54, 1.807) is 34.9 Å². The van der Waals surface area contributed by atoms with Crippen molar-refractivity contribution in [3.63, 3.8) is 0 Å². The standard InChI is InChI=1S/C35H22BF9N2/c1-19-3-9-24(10-4-19)46-28-13-7-22(34(40,41)42)17-26(28)36-27-18-23(35(43,44)45)8-14-29(27)47(31-16-20(2)15-30(46)32(31)36)25-11-5-21(6-12-25)33(37,38)39/h3-18H,1-2H3. The number of aryl methyl sites for hydroxylation is 2. The van der Waals surface area contributed by atoms with Gasteiger partial charge in [0.2, 0.25) is 0 Å². The van der Waals surface area contributed by atoms with Gasteiger partial charge in [0, 0.05) is 34.1 Å². The highest BCUT2D eigenvalue weighted by Crippen LogP contribution is 2.46. The van der Waals surface area contributed by atoms with E-state index in [-0.39, 0.29) is 22.3 Å². The van der Waals surface area contributed by atoms with E-state index in [4.69, 9.17) is 0 Å². The van der Waals surface area contributed by atoms with Gasteiger partial charge in [0.1, 0.15) is 0 Å². The van der Waals surface area contributed by atoms with Crippen LogP contribution in [0.4, 0.5) is 73.6 Å². The molecule has 5 aromatic rings. The monoisotopic (exact) mass is 652 g/mol. The fourth-order valence-corrected chi connectivity index (χ4v) is 6.54. The predicted molar refractivity (Wildman–Crippen MR) is 165 cm³/mol. The Hall–Kier alpha value is -4.87. The van der Waals surface area contributed by atoms with Crippen LogP contribution >= 0.6 is 0 Å². The molecule has 0 aliphatic carbocycles. The van der Waals surface area contributed by atoms with E-state index in [9.17, 15) is 39.5 Å². The number of nitrogens with zero attached hydrogens (tertiary/aromatic N) is 2. The molecule has 0 fully saturated rings. The van der Waals surface area contributed by atoms with E-state index in [2.05, 4.69) is 0 Å². The molecule has 2 aliphatic rings.